The molecular formula is C39H45BrN6O7. The fourth-order valence-corrected chi connectivity index (χ4v) is 9.15. The van der Waals surface area contributed by atoms with E-state index in [1.165, 1.54) is 4.90 Å². The van der Waals surface area contributed by atoms with Crippen molar-refractivity contribution in [1.29, 1.82) is 0 Å². The highest BCUT2D eigenvalue weighted by Crippen LogP contribution is 2.59. The van der Waals surface area contributed by atoms with Crippen molar-refractivity contribution in [1.82, 2.24) is 29.7 Å². The summed E-state index contributed by atoms with van der Waals surface area (Å²) in [6.07, 6.45) is 4.74. The molecular weight excluding hydrogens is 744 g/mol. The number of aliphatic hydroxyl groups excluding tert-OH is 1. The van der Waals surface area contributed by atoms with Crippen molar-refractivity contribution in [2.45, 2.75) is 82.6 Å². The Labute approximate surface area is 316 Å². The molecule has 7 rings (SSSR count). The Morgan fingerprint density at radius 1 is 1.00 bits per heavy atom. The van der Waals surface area contributed by atoms with E-state index in [0.717, 1.165) is 5.52 Å². The molecule has 13 nitrogen and oxygen atoms in total. The van der Waals surface area contributed by atoms with Crippen LogP contribution < -0.4 is 0 Å². The summed E-state index contributed by atoms with van der Waals surface area (Å²) < 4.78 is 15.2. The Kier molecular flexibility index (Phi) is 10.3. The van der Waals surface area contributed by atoms with Crippen LogP contribution in [-0.4, -0.2) is 109 Å². The average molecular weight is 790 g/mol. The van der Waals surface area contributed by atoms with Crippen molar-refractivity contribution >= 4 is 50.7 Å². The van der Waals surface area contributed by atoms with Crippen molar-refractivity contribution in [3.05, 3.63) is 82.9 Å². The van der Waals surface area contributed by atoms with Crippen molar-refractivity contribution in [3.63, 3.8) is 0 Å². The average Bonchev–Trinajstić information content (AvgIpc) is 3.88. The molecule has 53 heavy (non-hydrogen) atoms. The molecule has 4 aliphatic heterocycles. The van der Waals surface area contributed by atoms with Crippen LogP contribution in [0.4, 0.5) is 0 Å². The quantitative estimate of drug-likeness (QED) is 0.278. The zero-order chi connectivity index (χ0) is 37.6. The molecule has 0 radical (unpaired) electrons. The summed E-state index contributed by atoms with van der Waals surface area (Å²) >= 11 is 3.63. The minimum absolute atomic E-state index is 0.00530. The van der Waals surface area contributed by atoms with Crippen molar-refractivity contribution in [3.8, 4) is 0 Å². The number of allylic oxidation sites excluding steroid dienone is 1. The molecule has 1 spiro atoms. The molecule has 1 aromatic heterocycles. The van der Waals surface area contributed by atoms with Gasteiger partial charge in [-0.2, -0.15) is 0 Å². The largest absolute Gasteiger partial charge is 0.455 e. The van der Waals surface area contributed by atoms with Crippen LogP contribution in [0.3, 0.4) is 0 Å². The van der Waals surface area contributed by atoms with Gasteiger partial charge in [0, 0.05) is 24.5 Å². The smallest absolute Gasteiger partial charge is 0.313 e. The molecule has 8 atom stereocenters. The first-order valence-corrected chi connectivity index (χ1v) is 19.0. The number of fused-ring (bicyclic) bond motifs is 3. The predicted molar refractivity (Wildman–Crippen MR) is 198 cm³/mol. The maximum absolute atomic E-state index is 15.3. The summed E-state index contributed by atoms with van der Waals surface area (Å²) in [7, 11) is 1.69. The van der Waals surface area contributed by atoms with Gasteiger partial charge in [-0.25, -0.2) is 4.68 Å². The Balaban J connectivity index is 1.36. The van der Waals surface area contributed by atoms with E-state index < -0.39 is 65.6 Å². The molecule has 0 unspecified atom stereocenters. The second kappa shape index (κ2) is 14.8. The number of nitrogens with zero attached hydrogens (tertiary/aromatic N) is 6. The number of hydrogen-bond donors (Lipinski definition) is 1. The van der Waals surface area contributed by atoms with Gasteiger partial charge in [0.1, 0.15) is 42.0 Å². The maximum Gasteiger partial charge on any atom is 0.313 e. The van der Waals surface area contributed by atoms with Crippen molar-refractivity contribution in [2.75, 3.05) is 20.2 Å². The summed E-state index contributed by atoms with van der Waals surface area (Å²) in [6, 6.07) is 14.1. The second-order valence-corrected chi connectivity index (χ2v) is 15.8. The third kappa shape index (κ3) is 6.48. The minimum atomic E-state index is -1.53. The van der Waals surface area contributed by atoms with Gasteiger partial charge in [-0.05, 0) is 49.5 Å². The molecule has 14 heteroatoms. The highest BCUT2D eigenvalue weighted by molar-refractivity contribution is 9.11. The van der Waals surface area contributed by atoms with E-state index >= 15 is 4.79 Å². The predicted octanol–water partition coefficient (Wildman–Crippen LogP) is 3.98. The SMILES string of the molecule is CC(C)C[C@H](CO)N1C(=O)[C@@H]2[C@H]3C(=O)O[C@@H](c4ccccc4)[C@H](C)N(C)C(=O)CC/C=C\CN(Cn4nnc5ccccc54)C(=O)[C@@H]1[C@]21C=C(Br)[C@H]3O1. The summed E-state index contributed by atoms with van der Waals surface area (Å²) in [4.78, 5) is 62.9. The van der Waals surface area contributed by atoms with Crippen molar-refractivity contribution in [2.24, 2.45) is 17.8 Å². The Morgan fingerprint density at radius 3 is 2.47 bits per heavy atom. The van der Waals surface area contributed by atoms with E-state index in [4.69, 9.17) is 9.47 Å². The number of likely N-dealkylation sites (N-methyl/N-ethyl adjacent to an activating group) is 1. The first-order valence-electron chi connectivity index (χ1n) is 18.2. The molecule has 1 N–H and O–H groups in total. The number of benzene rings is 2. The molecule has 5 bridgehead atoms. The Bertz CT molecular complexity index is 1950. The molecule has 280 valence electrons. The topological polar surface area (TPSA) is 147 Å². The number of esters is 1. The first kappa shape index (κ1) is 36.9. The number of likely N-dealkylation sites (tertiary alicyclic amines) is 1. The van der Waals surface area contributed by atoms with Gasteiger partial charge < -0.3 is 29.3 Å². The Hall–Kier alpha value is -4.40. The van der Waals surface area contributed by atoms with E-state index in [1.54, 1.807) is 27.6 Å². The summed E-state index contributed by atoms with van der Waals surface area (Å²) in [5, 5.41) is 19.4. The zero-order valence-electron chi connectivity index (χ0n) is 30.2. The maximum atomic E-state index is 15.3. The molecule has 4 aliphatic rings. The number of aromatic nitrogens is 3. The van der Waals surface area contributed by atoms with E-state index in [9.17, 15) is 19.5 Å². The zero-order valence-corrected chi connectivity index (χ0v) is 31.8. The van der Waals surface area contributed by atoms with Crippen LogP contribution in [0.25, 0.3) is 11.0 Å². The van der Waals surface area contributed by atoms with Gasteiger partial charge in [0.25, 0.3) is 5.91 Å². The number of amides is 3. The lowest BCUT2D eigenvalue weighted by molar-refractivity contribution is -0.164. The fourth-order valence-electron chi connectivity index (χ4n) is 8.42. The van der Waals surface area contributed by atoms with Crippen LogP contribution in [0.1, 0.15) is 51.7 Å². The van der Waals surface area contributed by atoms with Gasteiger partial charge in [-0.15, -0.1) is 5.10 Å². The molecule has 3 aromatic rings. The Morgan fingerprint density at radius 2 is 1.74 bits per heavy atom. The standard InChI is InChI=1S/C39H45BrN6O7/c1-23(2)19-26(21-47)46-35-37(50)44(22-45-29-16-11-10-15-28(29)41-42-45)18-12-6-9-17-30(48)43(4)24(3)33(25-13-7-5-8-14-25)52-38(51)31-32(36(46)49)39(35)20-27(40)34(31)53-39/h5-8,10-16,20,23-24,26,31-35,47H,9,17-19,21-22H2,1-4H3/b12-6-/t24-,26+,31+,32-,33+,34+,35+,39-/m0/s1. The number of aliphatic hydroxyl groups is 1. The molecule has 2 saturated heterocycles. The number of ether oxygens (including phenoxy) is 2. The molecule has 3 amide bonds. The summed E-state index contributed by atoms with van der Waals surface area (Å²) in [5.41, 5.74) is 0.536. The number of halogens is 1. The molecule has 2 aromatic carbocycles. The third-order valence-corrected chi connectivity index (χ3v) is 11.8. The number of rotatable bonds is 7. The summed E-state index contributed by atoms with van der Waals surface area (Å²) in [6.45, 7) is 5.54. The van der Waals surface area contributed by atoms with Crippen LogP contribution in [0, 0.1) is 17.8 Å². The molecule has 0 aliphatic carbocycles. The highest BCUT2D eigenvalue weighted by atomic mass is 79.9. The number of para-hydroxylation sites is 1. The number of hydrogen-bond acceptors (Lipinski definition) is 9. The third-order valence-electron chi connectivity index (χ3n) is 11.1. The lowest BCUT2D eigenvalue weighted by atomic mass is 9.74. The van der Waals surface area contributed by atoms with Crippen LogP contribution in [0.2, 0.25) is 0 Å². The van der Waals surface area contributed by atoms with Crippen LogP contribution in [-0.2, 0) is 35.3 Å². The van der Waals surface area contributed by atoms with Gasteiger partial charge in [0.15, 0.2) is 0 Å². The van der Waals surface area contributed by atoms with Gasteiger partial charge in [-0.1, -0.05) is 89.6 Å². The van der Waals surface area contributed by atoms with E-state index in [1.807, 2.05) is 87.5 Å². The molecule has 0 saturated carbocycles. The van der Waals surface area contributed by atoms with E-state index in [2.05, 4.69) is 26.2 Å². The minimum Gasteiger partial charge on any atom is -0.455 e. The highest BCUT2D eigenvalue weighted by Gasteiger charge is 2.75. The van der Waals surface area contributed by atoms with Gasteiger partial charge in [0.2, 0.25) is 11.8 Å². The van der Waals surface area contributed by atoms with E-state index in [-0.39, 0.29) is 38.1 Å². The lowest BCUT2D eigenvalue weighted by Gasteiger charge is -2.39. The van der Waals surface area contributed by atoms with Gasteiger partial charge in [-0.3, -0.25) is 19.2 Å². The first-order chi connectivity index (χ1) is 25.5. The van der Waals surface area contributed by atoms with E-state index in [0.29, 0.717) is 28.4 Å². The van der Waals surface area contributed by atoms with Gasteiger partial charge >= 0.3 is 5.97 Å². The molecule has 2 fully saturated rings. The van der Waals surface area contributed by atoms with Gasteiger partial charge in [0.05, 0.1) is 30.1 Å². The fraction of sp³-hybridized carbons (Fsp3) is 0.487. The lowest BCUT2D eigenvalue weighted by Crippen LogP contribution is -2.58. The summed E-state index contributed by atoms with van der Waals surface area (Å²) in [5.74, 6) is -3.84. The van der Waals surface area contributed by atoms with Crippen molar-refractivity contribution < 1.29 is 33.8 Å². The second-order valence-electron chi connectivity index (χ2n) is 14.8. The number of cyclic esters (lactones) is 1. The molecule has 5 heterocycles. The number of carbonyl (C=O) groups excluding carboxylic acids is 4. The monoisotopic (exact) mass is 788 g/mol. The normalized spacial score (nSPS) is 30.6. The van der Waals surface area contributed by atoms with Crippen LogP contribution in [0.15, 0.2) is 77.3 Å². The van der Waals surface area contributed by atoms with Crippen LogP contribution >= 0.6 is 15.9 Å². The van der Waals surface area contributed by atoms with Crippen LogP contribution in [0.5, 0.6) is 0 Å². The number of carbonyl (C=O) groups is 4.